The van der Waals surface area contributed by atoms with Crippen LogP contribution in [0, 0.1) is 5.82 Å². The first kappa shape index (κ1) is 22.6. The van der Waals surface area contributed by atoms with Crippen LogP contribution in [0.15, 0.2) is 73.2 Å². The van der Waals surface area contributed by atoms with Crippen LogP contribution in [0.2, 0.25) is 0 Å². The van der Waals surface area contributed by atoms with E-state index in [0.717, 1.165) is 57.5 Å². The van der Waals surface area contributed by atoms with Crippen molar-refractivity contribution in [2.75, 3.05) is 0 Å². The Morgan fingerprint density at radius 1 is 0.895 bits per heavy atom. The number of halogens is 1. The molecule has 7 rings (SSSR count). The fourth-order valence-corrected chi connectivity index (χ4v) is 5.30. The average Bonchev–Trinajstić information content (AvgIpc) is 3.58. The highest BCUT2D eigenvalue weighted by atomic mass is 19.1. The highest BCUT2D eigenvalue weighted by molar-refractivity contribution is 5.99. The van der Waals surface area contributed by atoms with Gasteiger partial charge in [0.2, 0.25) is 0 Å². The molecule has 188 valence electrons. The summed E-state index contributed by atoms with van der Waals surface area (Å²) in [4.78, 5) is 17.3. The lowest BCUT2D eigenvalue weighted by atomic mass is 9.98. The first-order valence-corrected chi connectivity index (χ1v) is 12.9. The molecule has 6 aromatic rings. The molecule has 1 aliphatic rings. The van der Waals surface area contributed by atoms with E-state index in [9.17, 15) is 4.39 Å². The molecule has 0 amide bonds. The summed E-state index contributed by atoms with van der Waals surface area (Å²) in [6, 6.07) is 16.4. The summed E-state index contributed by atoms with van der Waals surface area (Å²) in [7, 11) is 0. The predicted molar refractivity (Wildman–Crippen MR) is 145 cm³/mol. The molecule has 0 aliphatic heterocycles. The second-order valence-electron chi connectivity index (χ2n) is 9.74. The summed E-state index contributed by atoms with van der Waals surface area (Å²) in [5.74, 6) is 0.461. The number of nitrogens with zero attached hydrogens (tertiary/aromatic N) is 4. The van der Waals surface area contributed by atoms with Gasteiger partial charge >= 0.3 is 0 Å². The average molecular weight is 505 g/mol. The quantitative estimate of drug-likeness (QED) is 0.262. The zero-order valence-corrected chi connectivity index (χ0v) is 20.6. The van der Waals surface area contributed by atoms with Crippen LogP contribution in [0.3, 0.4) is 0 Å². The molecule has 0 unspecified atom stereocenters. The Labute approximate surface area is 218 Å². The molecule has 2 N–H and O–H groups in total. The van der Waals surface area contributed by atoms with Crippen molar-refractivity contribution >= 4 is 21.9 Å². The van der Waals surface area contributed by atoms with Gasteiger partial charge in [-0.3, -0.25) is 15.1 Å². The van der Waals surface area contributed by atoms with Crippen molar-refractivity contribution in [3.8, 4) is 39.7 Å². The Kier molecular flexibility index (Phi) is 5.57. The standard InChI is InChI=1S/C30H25FN6O/c31-23-9-5-4-8-21(23)28-22-15-27(34-25(22)12-13-33-28)30-29-26(36-37-30)11-10-24(35-29)18-14-20(17-32-16-18)38-19-6-2-1-3-7-19/h4-5,8-17,19,34H,1-3,6-7H2,(H,36,37). The third-order valence-electron chi connectivity index (χ3n) is 7.20. The topological polar surface area (TPSA) is 92.4 Å². The molecule has 0 bridgehead atoms. The summed E-state index contributed by atoms with van der Waals surface area (Å²) in [6.07, 6.45) is 11.4. The zero-order chi connectivity index (χ0) is 25.5. The maximum Gasteiger partial charge on any atom is 0.138 e. The number of ether oxygens (including phenoxy) is 1. The van der Waals surface area contributed by atoms with Crippen molar-refractivity contribution in [2.45, 2.75) is 38.2 Å². The largest absolute Gasteiger partial charge is 0.489 e. The second kappa shape index (κ2) is 9.37. The normalized spacial score (nSPS) is 14.3. The molecule has 7 nitrogen and oxygen atoms in total. The molecule has 38 heavy (non-hydrogen) atoms. The number of nitrogens with one attached hydrogen (secondary N) is 2. The van der Waals surface area contributed by atoms with E-state index in [2.05, 4.69) is 25.1 Å². The van der Waals surface area contributed by atoms with Crippen molar-refractivity contribution in [1.82, 2.24) is 30.1 Å². The van der Waals surface area contributed by atoms with Crippen LogP contribution in [0.5, 0.6) is 5.75 Å². The van der Waals surface area contributed by atoms with E-state index in [1.54, 1.807) is 30.7 Å². The summed E-state index contributed by atoms with van der Waals surface area (Å²) < 4.78 is 20.8. The summed E-state index contributed by atoms with van der Waals surface area (Å²) in [6.45, 7) is 0. The molecule has 1 saturated carbocycles. The number of rotatable bonds is 5. The maximum absolute atomic E-state index is 14.6. The lowest BCUT2D eigenvalue weighted by molar-refractivity contribution is 0.154. The minimum atomic E-state index is -0.310. The van der Waals surface area contributed by atoms with Crippen LogP contribution in [0.4, 0.5) is 4.39 Å². The molecule has 5 heterocycles. The van der Waals surface area contributed by atoms with E-state index in [1.807, 2.05) is 36.4 Å². The Hall–Kier alpha value is -4.59. The highest BCUT2D eigenvalue weighted by Gasteiger charge is 2.18. The molecular weight excluding hydrogens is 479 g/mol. The predicted octanol–water partition coefficient (Wildman–Crippen LogP) is 7.08. The van der Waals surface area contributed by atoms with Gasteiger partial charge in [0.1, 0.15) is 22.8 Å². The Morgan fingerprint density at radius 2 is 1.79 bits per heavy atom. The number of fused-ring (bicyclic) bond motifs is 2. The van der Waals surface area contributed by atoms with Gasteiger partial charge in [0.25, 0.3) is 0 Å². The molecule has 1 aromatic carbocycles. The second-order valence-corrected chi connectivity index (χ2v) is 9.74. The number of benzene rings is 1. The fraction of sp³-hybridized carbons (Fsp3) is 0.200. The van der Waals surface area contributed by atoms with E-state index in [1.165, 1.54) is 25.3 Å². The van der Waals surface area contributed by atoms with Crippen molar-refractivity contribution in [2.24, 2.45) is 0 Å². The molecule has 0 saturated heterocycles. The van der Waals surface area contributed by atoms with Crippen molar-refractivity contribution < 1.29 is 9.13 Å². The van der Waals surface area contributed by atoms with Gasteiger partial charge in [0, 0.05) is 34.4 Å². The highest BCUT2D eigenvalue weighted by Crippen LogP contribution is 2.34. The van der Waals surface area contributed by atoms with E-state index in [-0.39, 0.29) is 11.9 Å². The van der Waals surface area contributed by atoms with Gasteiger partial charge in [-0.25, -0.2) is 9.37 Å². The van der Waals surface area contributed by atoms with E-state index >= 15 is 0 Å². The van der Waals surface area contributed by atoms with E-state index in [4.69, 9.17) is 9.72 Å². The van der Waals surface area contributed by atoms with Gasteiger partial charge in [0.15, 0.2) is 0 Å². The van der Waals surface area contributed by atoms with Crippen molar-refractivity contribution in [3.63, 3.8) is 0 Å². The zero-order valence-electron chi connectivity index (χ0n) is 20.6. The minimum Gasteiger partial charge on any atom is -0.489 e. The molecule has 0 spiro atoms. The number of hydrogen-bond donors (Lipinski definition) is 2. The SMILES string of the molecule is Fc1ccccc1-c1nccc2[nH]c(-c3n[nH]c4ccc(-c5cncc(OC6CCCCC6)c5)nc34)cc12. The van der Waals surface area contributed by atoms with Crippen molar-refractivity contribution in [3.05, 3.63) is 79.0 Å². The molecule has 1 fully saturated rings. The number of aromatic amines is 2. The summed E-state index contributed by atoms with van der Waals surface area (Å²) >= 11 is 0. The molecule has 8 heteroatoms. The molecule has 0 radical (unpaired) electrons. The Balaban J connectivity index is 1.26. The number of pyridine rings is 3. The third-order valence-corrected chi connectivity index (χ3v) is 7.20. The fourth-order valence-electron chi connectivity index (χ4n) is 5.30. The van der Waals surface area contributed by atoms with E-state index in [0.29, 0.717) is 17.0 Å². The summed E-state index contributed by atoms with van der Waals surface area (Å²) in [5.41, 5.74) is 6.55. The van der Waals surface area contributed by atoms with Crippen LogP contribution in [0.25, 0.3) is 55.8 Å². The minimum absolute atomic E-state index is 0.252. The van der Waals surface area contributed by atoms with Gasteiger partial charge in [-0.05, 0) is 68.1 Å². The van der Waals surface area contributed by atoms with Crippen LogP contribution >= 0.6 is 0 Å². The van der Waals surface area contributed by atoms with Crippen LogP contribution < -0.4 is 4.74 Å². The van der Waals surface area contributed by atoms with Gasteiger partial charge in [0.05, 0.1) is 34.9 Å². The monoisotopic (exact) mass is 504 g/mol. The molecule has 0 atom stereocenters. The van der Waals surface area contributed by atoms with E-state index < -0.39 is 0 Å². The number of aromatic nitrogens is 6. The lowest BCUT2D eigenvalue weighted by Crippen LogP contribution is -2.19. The first-order valence-electron chi connectivity index (χ1n) is 12.9. The van der Waals surface area contributed by atoms with Crippen LogP contribution in [-0.2, 0) is 0 Å². The molecule has 1 aliphatic carbocycles. The van der Waals surface area contributed by atoms with Gasteiger partial charge in [-0.1, -0.05) is 18.6 Å². The Bertz CT molecular complexity index is 1770. The van der Waals surface area contributed by atoms with Gasteiger partial charge in [-0.15, -0.1) is 0 Å². The maximum atomic E-state index is 14.6. The van der Waals surface area contributed by atoms with Crippen molar-refractivity contribution in [1.29, 1.82) is 0 Å². The number of hydrogen-bond acceptors (Lipinski definition) is 5. The molecule has 5 aromatic heterocycles. The van der Waals surface area contributed by atoms with Gasteiger partial charge < -0.3 is 9.72 Å². The molecular formula is C30H25FN6O. The van der Waals surface area contributed by atoms with Gasteiger partial charge in [-0.2, -0.15) is 5.10 Å². The lowest BCUT2D eigenvalue weighted by Gasteiger charge is -2.22. The number of H-pyrrole nitrogens is 2. The van der Waals surface area contributed by atoms with Crippen LogP contribution in [0.1, 0.15) is 32.1 Å². The first-order chi connectivity index (χ1) is 18.7. The third kappa shape index (κ3) is 4.08. The summed E-state index contributed by atoms with van der Waals surface area (Å²) in [5, 5.41) is 8.46. The van der Waals surface area contributed by atoms with Crippen LogP contribution in [-0.4, -0.2) is 36.2 Å². The Morgan fingerprint density at radius 3 is 2.68 bits per heavy atom. The smallest absolute Gasteiger partial charge is 0.138 e.